The van der Waals surface area contributed by atoms with E-state index < -0.39 is 0 Å². The van der Waals surface area contributed by atoms with Crippen LogP contribution < -0.4 is 0 Å². The standard InChI is InChI=1S/C22H29N4O/c1-16-8-10-25(11-9-16)22(26-14-17(2)27-18(3)15-26)20-6-4-19(5-7-20)21(12-23)13-24/h4-7,16-18,22H,8-11,14-15H2,1-3H3/q-1. The average Bonchev–Trinajstić information content (AvgIpc) is 2.65. The summed E-state index contributed by atoms with van der Waals surface area (Å²) in [6.07, 6.45) is 3.11. The summed E-state index contributed by atoms with van der Waals surface area (Å²) in [5.41, 5.74) is 2.09. The summed E-state index contributed by atoms with van der Waals surface area (Å²) < 4.78 is 5.95. The zero-order valence-electron chi connectivity index (χ0n) is 16.6. The fraction of sp³-hybridized carbons (Fsp3) is 0.591. The van der Waals surface area contributed by atoms with Gasteiger partial charge in [-0.3, -0.25) is 9.80 Å². The van der Waals surface area contributed by atoms with Crippen LogP contribution in [0.5, 0.6) is 0 Å². The van der Waals surface area contributed by atoms with E-state index in [9.17, 15) is 0 Å². The minimum absolute atomic E-state index is 0.165. The van der Waals surface area contributed by atoms with Crippen LogP contribution in [0.15, 0.2) is 24.3 Å². The third-order valence-electron chi connectivity index (χ3n) is 5.68. The molecule has 2 heterocycles. The maximum Gasteiger partial charge on any atom is 0.106 e. The summed E-state index contributed by atoms with van der Waals surface area (Å²) in [5.74, 6) is 2.77. The van der Waals surface area contributed by atoms with Crippen LogP contribution in [-0.4, -0.2) is 54.1 Å². The Morgan fingerprint density at radius 1 is 1.07 bits per heavy atom. The second-order valence-electron chi connectivity index (χ2n) is 8.02. The first kappa shape index (κ1) is 19.8. The number of allylic oxidation sites excluding steroid dienone is 1. The minimum Gasteiger partial charge on any atom is -0.762 e. The molecule has 2 aliphatic rings. The molecule has 0 aliphatic carbocycles. The van der Waals surface area contributed by atoms with Gasteiger partial charge in [0, 0.05) is 26.2 Å². The van der Waals surface area contributed by atoms with Crippen LogP contribution in [-0.2, 0) is 4.74 Å². The molecule has 0 amide bonds. The fourth-order valence-electron chi connectivity index (χ4n) is 4.32. The molecule has 1 aromatic rings. The van der Waals surface area contributed by atoms with Crippen molar-refractivity contribution in [2.45, 2.75) is 52.0 Å². The number of rotatable bonds is 4. The molecule has 5 heteroatoms. The maximum atomic E-state index is 9.11. The summed E-state index contributed by atoms with van der Waals surface area (Å²) in [6, 6.07) is 9.95. The Labute approximate surface area is 162 Å². The number of piperidine rings is 1. The fourth-order valence-corrected chi connectivity index (χ4v) is 4.32. The van der Waals surface area contributed by atoms with Gasteiger partial charge in [0.15, 0.2) is 0 Å². The first-order valence-electron chi connectivity index (χ1n) is 9.93. The Bertz CT molecular complexity index is 714. The molecule has 2 aliphatic heterocycles. The van der Waals surface area contributed by atoms with E-state index in [4.69, 9.17) is 15.4 Å². The first-order chi connectivity index (χ1) is 13.0. The number of nitrogens with zero attached hydrogens (tertiary/aromatic N) is 4. The van der Waals surface area contributed by atoms with E-state index in [1.807, 2.05) is 24.1 Å². The SMILES string of the molecule is CC1CCN(C(c2ccc(C(=C=[N-])C#N)cc2)N2CC(C)OC(C)C2)CC1. The van der Waals surface area contributed by atoms with Crippen molar-refractivity contribution < 1.29 is 4.74 Å². The van der Waals surface area contributed by atoms with E-state index in [1.165, 1.54) is 18.4 Å². The predicted molar refractivity (Wildman–Crippen MR) is 108 cm³/mol. The van der Waals surface area contributed by atoms with Gasteiger partial charge in [0.05, 0.1) is 23.9 Å². The van der Waals surface area contributed by atoms with Crippen molar-refractivity contribution in [1.29, 1.82) is 5.26 Å². The van der Waals surface area contributed by atoms with Crippen LogP contribution in [0.2, 0.25) is 0 Å². The van der Waals surface area contributed by atoms with Crippen LogP contribution in [0, 0.1) is 17.2 Å². The Morgan fingerprint density at radius 3 is 2.19 bits per heavy atom. The summed E-state index contributed by atoms with van der Waals surface area (Å²) in [6.45, 7) is 10.6. The lowest BCUT2D eigenvalue weighted by molar-refractivity contribution is -0.109. The highest BCUT2D eigenvalue weighted by atomic mass is 16.5. The quantitative estimate of drug-likeness (QED) is 0.603. The molecule has 1 aromatic carbocycles. The molecule has 3 atom stereocenters. The molecule has 0 spiro atoms. The number of hydrogen-bond acceptors (Lipinski definition) is 4. The zero-order valence-corrected chi connectivity index (χ0v) is 16.6. The van der Waals surface area contributed by atoms with Gasteiger partial charge in [0.1, 0.15) is 6.07 Å². The molecule has 0 radical (unpaired) electrons. The van der Waals surface area contributed by atoms with Gasteiger partial charge in [-0.25, -0.2) is 5.87 Å². The normalized spacial score (nSPS) is 26.1. The van der Waals surface area contributed by atoms with Crippen LogP contribution in [0.1, 0.15) is 50.9 Å². The number of likely N-dealkylation sites (tertiary alicyclic amines) is 1. The van der Waals surface area contributed by atoms with Gasteiger partial charge in [0.2, 0.25) is 0 Å². The molecule has 144 valence electrons. The van der Waals surface area contributed by atoms with Crippen LogP contribution in [0.3, 0.4) is 0 Å². The molecule has 0 saturated carbocycles. The Kier molecular flexibility index (Phi) is 6.46. The Balaban J connectivity index is 1.89. The second-order valence-corrected chi connectivity index (χ2v) is 8.02. The second kappa shape index (κ2) is 8.82. The van der Waals surface area contributed by atoms with Crippen LogP contribution in [0.4, 0.5) is 0 Å². The average molecular weight is 366 g/mol. The van der Waals surface area contributed by atoms with Crippen molar-refractivity contribution >= 4 is 11.4 Å². The Hall–Kier alpha value is -1.96. The lowest BCUT2D eigenvalue weighted by atomic mass is 9.96. The van der Waals surface area contributed by atoms with E-state index in [0.29, 0.717) is 5.56 Å². The van der Waals surface area contributed by atoms with E-state index in [-0.39, 0.29) is 23.9 Å². The molecular weight excluding hydrogens is 336 g/mol. The van der Waals surface area contributed by atoms with Crippen LogP contribution in [0.25, 0.3) is 11.0 Å². The number of ether oxygens (including phenoxy) is 1. The maximum absolute atomic E-state index is 9.11. The highest BCUT2D eigenvalue weighted by Crippen LogP contribution is 2.32. The topological polar surface area (TPSA) is 61.8 Å². The molecular formula is C22H29N4O-. The third-order valence-corrected chi connectivity index (χ3v) is 5.68. The Morgan fingerprint density at radius 2 is 1.67 bits per heavy atom. The van der Waals surface area contributed by atoms with E-state index in [0.717, 1.165) is 32.1 Å². The number of morpholine rings is 1. The molecule has 0 aromatic heterocycles. The zero-order chi connectivity index (χ0) is 19.4. The molecule has 0 bridgehead atoms. The number of nitriles is 1. The largest absolute Gasteiger partial charge is 0.762 e. The lowest BCUT2D eigenvalue weighted by Crippen LogP contribution is -2.52. The highest BCUT2D eigenvalue weighted by molar-refractivity contribution is 5.98. The van der Waals surface area contributed by atoms with Gasteiger partial charge < -0.3 is 10.1 Å². The van der Waals surface area contributed by atoms with Gasteiger partial charge in [-0.15, -0.1) is 0 Å². The third kappa shape index (κ3) is 4.66. The van der Waals surface area contributed by atoms with Gasteiger partial charge >= 0.3 is 0 Å². The van der Waals surface area contributed by atoms with E-state index >= 15 is 0 Å². The van der Waals surface area contributed by atoms with Crippen molar-refractivity contribution in [3.63, 3.8) is 0 Å². The van der Waals surface area contributed by atoms with Crippen LogP contribution >= 0.6 is 0 Å². The molecule has 2 fully saturated rings. The van der Waals surface area contributed by atoms with Crippen molar-refractivity contribution in [2.75, 3.05) is 26.2 Å². The summed E-state index contributed by atoms with van der Waals surface area (Å²) >= 11 is 0. The van der Waals surface area contributed by atoms with Gasteiger partial charge in [-0.2, -0.15) is 5.26 Å². The van der Waals surface area contributed by atoms with E-state index in [2.05, 4.69) is 42.7 Å². The summed E-state index contributed by atoms with van der Waals surface area (Å²) in [5, 5.41) is 18.2. The predicted octanol–water partition coefficient (Wildman–Crippen LogP) is 3.67. The monoisotopic (exact) mass is 365 g/mol. The molecule has 5 nitrogen and oxygen atoms in total. The van der Waals surface area contributed by atoms with Crippen molar-refractivity contribution in [1.82, 2.24) is 9.80 Å². The highest BCUT2D eigenvalue weighted by Gasteiger charge is 2.33. The molecule has 3 rings (SSSR count). The number of hydrogen-bond donors (Lipinski definition) is 0. The first-order valence-corrected chi connectivity index (χ1v) is 9.93. The lowest BCUT2D eigenvalue weighted by Gasteiger charge is -2.46. The molecule has 0 N–H and O–H groups in total. The van der Waals surface area contributed by atoms with Gasteiger partial charge in [-0.1, -0.05) is 31.2 Å². The van der Waals surface area contributed by atoms with Crippen molar-refractivity contribution in [3.05, 3.63) is 40.8 Å². The summed E-state index contributed by atoms with van der Waals surface area (Å²) in [4.78, 5) is 5.11. The summed E-state index contributed by atoms with van der Waals surface area (Å²) in [7, 11) is 0. The van der Waals surface area contributed by atoms with E-state index in [1.54, 1.807) is 0 Å². The van der Waals surface area contributed by atoms with Gasteiger partial charge in [-0.05, 0) is 43.7 Å². The minimum atomic E-state index is 0.165. The van der Waals surface area contributed by atoms with Crippen molar-refractivity contribution in [3.8, 4) is 6.07 Å². The molecule has 3 unspecified atom stereocenters. The smallest absolute Gasteiger partial charge is 0.106 e. The number of benzene rings is 1. The van der Waals surface area contributed by atoms with Gasteiger partial charge in [0.25, 0.3) is 0 Å². The molecule has 2 saturated heterocycles. The van der Waals surface area contributed by atoms with Crippen molar-refractivity contribution in [2.24, 2.45) is 5.92 Å². The molecule has 27 heavy (non-hydrogen) atoms.